The van der Waals surface area contributed by atoms with Crippen LogP contribution in [0.4, 0.5) is 34.1 Å². The molecule has 0 saturated carbocycles. The van der Waals surface area contributed by atoms with E-state index in [0.29, 0.717) is 5.69 Å². The van der Waals surface area contributed by atoms with Gasteiger partial charge in [-0.3, -0.25) is 0 Å². The van der Waals surface area contributed by atoms with Crippen LogP contribution in [0.1, 0.15) is 27.8 Å². The summed E-state index contributed by atoms with van der Waals surface area (Å²) >= 11 is 0. The molecule has 0 fully saturated rings. The molecule has 0 radical (unpaired) electrons. The van der Waals surface area contributed by atoms with Crippen LogP contribution in [-0.4, -0.2) is 5.11 Å². The molecule has 13 aromatic rings. The summed E-state index contributed by atoms with van der Waals surface area (Å²) in [4.78, 5) is 4.64. The SMILES string of the molecule is Cc1ccc(N(c2cccc(-c3cccc(-c4ccccc4C)c3)c2O)c2ccc3ccc4c(N(c5ccc(C)c(C)c5)c5cccc6c5oc5c(-c7ccccc7)cccc56)ccc5ccc2c3c54)cc1C. The highest BCUT2D eigenvalue weighted by molar-refractivity contribution is 6.28. The van der Waals surface area contributed by atoms with Crippen molar-refractivity contribution in [2.45, 2.75) is 34.6 Å². The normalized spacial score (nSPS) is 11.7. The highest BCUT2D eigenvalue weighted by Crippen LogP contribution is 2.52. The van der Waals surface area contributed by atoms with E-state index < -0.39 is 0 Å². The zero-order chi connectivity index (χ0) is 49.5. The number of furan rings is 1. The third-order valence-corrected chi connectivity index (χ3v) is 15.3. The quantitative estimate of drug-likeness (QED) is 0.146. The van der Waals surface area contributed by atoms with Gasteiger partial charge in [0, 0.05) is 44.0 Å². The first-order valence-electron chi connectivity index (χ1n) is 25.1. The van der Waals surface area contributed by atoms with Crippen molar-refractivity contribution in [3.63, 3.8) is 0 Å². The number of phenolic OH excluding ortho intramolecular Hbond substituents is 1. The van der Waals surface area contributed by atoms with E-state index in [-0.39, 0.29) is 5.75 Å². The van der Waals surface area contributed by atoms with Gasteiger partial charge in [-0.1, -0.05) is 164 Å². The lowest BCUT2D eigenvalue weighted by atomic mass is 9.91. The fourth-order valence-electron chi connectivity index (χ4n) is 11.2. The van der Waals surface area contributed by atoms with Crippen molar-refractivity contribution in [3.8, 4) is 39.1 Å². The van der Waals surface area contributed by atoms with Crippen LogP contribution in [0.25, 0.3) is 87.6 Å². The molecular weight excluding hydrogens is 889 g/mol. The number of rotatable bonds is 9. The minimum atomic E-state index is 0.218. The number of aryl methyl sites for hydroxylation is 5. The van der Waals surface area contributed by atoms with Gasteiger partial charge in [0.25, 0.3) is 0 Å². The number of anilines is 6. The standard InChI is InChI=1S/C69H52N2O2/c1-42-27-33-52(39-45(42)4)70(63-25-13-21-55(67(63)72)51-19-11-18-50(41-51)54-20-10-9-15-44(54)3)61-37-31-48-30-36-60-62(38-32-49-29-35-59(61)65(48)66(49)60)71(53-34-28-43(2)46(5)40-53)64-26-14-24-58-57-23-12-22-56(68(57)73-69(58)64)47-16-7-6-8-17-47/h6-41,72H,1-5H3. The molecule has 0 aliphatic heterocycles. The van der Waals surface area contributed by atoms with Gasteiger partial charge in [-0.15, -0.1) is 0 Å². The van der Waals surface area contributed by atoms with Gasteiger partial charge in [-0.05, 0) is 161 Å². The fraction of sp³-hybridized carbons (Fsp3) is 0.0725. The van der Waals surface area contributed by atoms with Gasteiger partial charge in [0.05, 0.1) is 22.7 Å². The molecule has 1 N–H and O–H groups in total. The average Bonchev–Trinajstić information content (AvgIpc) is 3.81. The second kappa shape index (κ2) is 17.3. The van der Waals surface area contributed by atoms with Crippen molar-refractivity contribution in [1.29, 1.82) is 0 Å². The summed E-state index contributed by atoms with van der Waals surface area (Å²) in [6.45, 7) is 10.8. The summed E-state index contributed by atoms with van der Waals surface area (Å²) in [6.07, 6.45) is 0. The van der Waals surface area contributed by atoms with E-state index in [2.05, 4.69) is 251 Å². The first-order chi connectivity index (χ1) is 35.7. The largest absolute Gasteiger partial charge is 0.505 e. The Morgan fingerprint density at radius 3 is 1.45 bits per heavy atom. The second-order valence-electron chi connectivity index (χ2n) is 19.7. The minimum absolute atomic E-state index is 0.218. The maximum atomic E-state index is 12.7. The lowest BCUT2D eigenvalue weighted by Crippen LogP contribution is -2.12. The molecule has 0 amide bonds. The Morgan fingerprint density at radius 1 is 0.315 bits per heavy atom. The zero-order valence-electron chi connectivity index (χ0n) is 41.5. The first-order valence-corrected chi connectivity index (χ1v) is 25.1. The maximum Gasteiger partial charge on any atom is 0.159 e. The topological polar surface area (TPSA) is 39.9 Å². The van der Waals surface area contributed by atoms with Crippen molar-refractivity contribution in [1.82, 2.24) is 0 Å². The Labute approximate surface area is 425 Å². The first kappa shape index (κ1) is 43.9. The molecule has 12 aromatic carbocycles. The average molecular weight is 941 g/mol. The molecule has 0 unspecified atom stereocenters. The lowest BCUT2D eigenvalue weighted by Gasteiger charge is -2.30. The van der Waals surface area contributed by atoms with Crippen LogP contribution < -0.4 is 9.80 Å². The number of nitrogens with zero attached hydrogens (tertiary/aromatic N) is 2. The molecular formula is C69H52N2O2. The number of hydrogen-bond donors (Lipinski definition) is 1. The summed E-state index contributed by atoms with van der Waals surface area (Å²) in [7, 11) is 0. The van der Waals surface area contributed by atoms with E-state index >= 15 is 0 Å². The Balaban J connectivity index is 1.03. The molecule has 0 aliphatic rings. The van der Waals surface area contributed by atoms with Crippen LogP contribution in [0.2, 0.25) is 0 Å². The molecule has 1 heterocycles. The third kappa shape index (κ3) is 7.20. The molecule has 0 saturated heterocycles. The number of fused-ring (bicyclic) bond motifs is 3. The van der Waals surface area contributed by atoms with Gasteiger partial charge in [0.15, 0.2) is 5.58 Å². The molecule has 0 spiro atoms. The van der Waals surface area contributed by atoms with E-state index in [9.17, 15) is 5.11 Å². The zero-order valence-corrected chi connectivity index (χ0v) is 41.5. The van der Waals surface area contributed by atoms with Crippen LogP contribution >= 0.6 is 0 Å². The van der Waals surface area contributed by atoms with E-state index in [4.69, 9.17) is 4.42 Å². The molecule has 0 atom stereocenters. The van der Waals surface area contributed by atoms with Gasteiger partial charge in [0.1, 0.15) is 11.3 Å². The van der Waals surface area contributed by atoms with Crippen molar-refractivity contribution < 1.29 is 9.52 Å². The molecule has 13 rings (SSSR count). The van der Waals surface area contributed by atoms with Gasteiger partial charge >= 0.3 is 0 Å². The van der Waals surface area contributed by atoms with Crippen molar-refractivity contribution in [3.05, 3.63) is 246 Å². The molecule has 0 bridgehead atoms. The highest BCUT2D eigenvalue weighted by atomic mass is 16.3. The van der Waals surface area contributed by atoms with Crippen molar-refractivity contribution in [2.24, 2.45) is 0 Å². The van der Waals surface area contributed by atoms with Gasteiger partial charge in [-0.25, -0.2) is 0 Å². The fourth-order valence-corrected chi connectivity index (χ4v) is 11.2. The second-order valence-corrected chi connectivity index (χ2v) is 19.7. The van der Waals surface area contributed by atoms with E-state index in [1.54, 1.807) is 0 Å². The summed E-state index contributed by atoms with van der Waals surface area (Å²) < 4.78 is 7.12. The van der Waals surface area contributed by atoms with Gasteiger partial charge < -0.3 is 19.3 Å². The lowest BCUT2D eigenvalue weighted by molar-refractivity contribution is 0.478. The third-order valence-electron chi connectivity index (χ3n) is 15.3. The predicted molar refractivity (Wildman–Crippen MR) is 308 cm³/mol. The minimum Gasteiger partial charge on any atom is -0.505 e. The van der Waals surface area contributed by atoms with E-state index in [0.717, 1.165) is 99.7 Å². The summed E-state index contributed by atoms with van der Waals surface area (Å²) in [5.41, 5.74) is 19.7. The smallest absolute Gasteiger partial charge is 0.159 e. The molecule has 4 heteroatoms. The predicted octanol–water partition coefficient (Wildman–Crippen LogP) is 19.7. The Bertz CT molecular complexity index is 4300. The van der Waals surface area contributed by atoms with E-state index in [1.807, 2.05) is 12.1 Å². The summed E-state index contributed by atoms with van der Waals surface area (Å²) in [5, 5.41) is 21.7. The molecule has 1 aromatic heterocycles. The molecule has 73 heavy (non-hydrogen) atoms. The van der Waals surface area contributed by atoms with Crippen LogP contribution in [0.5, 0.6) is 5.75 Å². The molecule has 4 nitrogen and oxygen atoms in total. The van der Waals surface area contributed by atoms with Crippen LogP contribution in [0.15, 0.2) is 223 Å². The van der Waals surface area contributed by atoms with Crippen LogP contribution in [0.3, 0.4) is 0 Å². The number of aromatic hydroxyl groups is 1. The number of hydrogen-bond acceptors (Lipinski definition) is 4. The van der Waals surface area contributed by atoms with Crippen LogP contribution in [-0.2, 0) is 0 Å². The Morgan fingerprint density at radius 2 is 0.808 bits per heavy atom. The Kier molecular flexibility index (Phi) is 10.4. The van der Waals surface area contributed by atoms with Gasteiger partial charge in [-0.2, -0.15) is 0 Å². The van der Waals surface area contributed by atoms with Crippen molar-refractivity contribution >= 4 is 88.4 Å². The van der Waals surface area contributed by atoms with Crippen molar-refractivity contribution in [2.75, 3.05) is 9.80 Å². The number of benzene rings is 12. The number of phenols is 1. The summed E-state index contributed by atoms with van der Waals surface area (Å²) in [5.74, 6) is 0.218. The maximum absolute atomic E-state index is 12.7. The van der Waals surface area contributed by atoms with Crippen LogP contribution in [0, 0.1) is 34.6 Å². The molecule has 350 valence electrons. The van der Waals surface area contributed by atoms with E-state index in [1.165, 1.54) is 44.2 Å². The number of para-hydroxylation sites is 3. The summed E-state index contributed by atoms with van der Waals surface area (Å²) in [6, 6.07) is 78.0. The Hall–Kier alpha value is -9.12. The monoisotopic (exact) mass is 940 g/mol. The molecule has 0 aliphatic carbocycles. The van der Waals surface area contributed by atoms with Gasteiger partial charge in [0.2, 0.25) is 0 Å². The highest BCUT2D eigenvalue weighted by Gasteiger charge is 2.26.